The van der Waals surface area contributed by atoms with Crippen LogP contribution in [0.5, 0.6) is 0 Å². The van der Waals surface area contributed by atoms with E-state index in [1.54, 1.807) is 0 Å². The quantitative estimate of drug-likeness (QED) is 0.542. The molecule has 4 atom stereocenters. The molecule has 0 N–H and O–H groups in total. The van der Waals surface area contributed by atoms with Gasteiger partial charge in [-0.25, -0.2) is 0 Å². The Bertz CT molecular complexity index is 572. The van der Waals surface area contributed by atoms with Crippen LogP contribution in [0.15, 0.2) is 23.3 Å². The highest BCUT2D eigenvalue weighted by molar-refractivity contribution is 5.89. The molecular formula is C25H36O2. The normalized spacial score (nSPS) is 35.6. The van der Waals surface area contributed by atoms with Crippen LogP contribution < -0.4 is 0 Å². The maximum atomic E-state index is 13.2. The van der Waals surface area contributed by atoms with Crippen LogP contribution in [0.4, 0.5) is 0 Å². The minimum Gasteiger partial charge on any atom is -0.299 e. The molecule has 0 heterocycles. The van der Waals surface area contributed by atoms with E-state index < -0.39 is 0 Å². The summed E-state index contributed by atoms with van der Waals surface area (Å²) in [5.74, 6) is 1.58. The molecule has 0 radical (unpaired) electrons. The predicted octanol–water partition coefficient (Wildman–Crippen LogP) is 6.35. The number of carbonyl (C=O) groups is 2. The van der Waals surface area contributed by atoms with Crippen LogP contribution in [0, 0.1) is 23.7 Å². The second-order valence-electron chi connectivity index (χ2n) is 9.45. The second-order valence-corrected chi connectivity index (χ2v) is 9.45. The standard InChI is InChI=1S/C25H36O2/c26-24-20(13-7-15-22(24)18-9-3-1-4-10-18)17-21-14-8-16-23(25(21)27)19-11-5-2-6-12-19/h9,11,20-23H,1-8,10,12-17H2/t20-,21+,22+,23-. The lowest BCUT2D eigenvalue weighted by atomic mass is 9.67. The average molecular weight is 369 g/mol. The van der Waals surface area contributed by atoms with Crippen molar-refractivity contribution in [3.8, 4) is 0 Å². The van der Waals surface area contributed by atoms with Crippen LogP contribution in [0.2, 0.25) is 0 Å². The highest BCUT2D eigenvalue weighted by Gasteiger charge is 2.39. The number of Topliss-reactive ketones (excluding diaryl/α,β-unsaturated/α-hetero) is 2. The van der Waals surface area contributed by atoms with Crippen molar-refractivity contribution in [2.45, 2.75) is 96.3 Å². The van der Waals surface area contributed by atoms with Gasteiger partial charge in [-0.2, -0.15) is 0 Å². The summed E-state index contributed by atoms with van der Waals surface area (Å²) >= 11 is 0. The van der Waals surface area contributed by atoms with E-state index in [4.69, 9.17) is 0 Å². The molecule has 0 aromatic heterocycles. The van der Waals surface area contributed by atoms with Gasteiger partial charge in [0.2, 0.25) is 0 Å². The van der Waals surface area contributed by atoms with Gasteiger partial charge in [-0.05, 0) is 83.5 Å². The van der Waals surface area contributed by atoms with Gasteiger partial charge < -0.3 is 0 Å². The fourth-order valence-electron chi connectivity index (χ4n) is 6.18. The summed E-state index contributed by atoms with van der Waals surface area (Å²) < 4.78 is 0. The maximum absolute atomic E-state index is 13.2. The maximum Gasteiger partial charge on any atom is 0.143 e. The zero-order chi connectivity index (χ0) is 18.6. The number of ketones is 2. The third-order valence-corrected chi connectivity index (χ3v) is 7.70. The van der Waals surface area contributed by atoms with Crippen molar-refractivity contribution < 1.29 is 9.59 Å². The molecule has 4 aliphatic carbocycles. The summed E-state index contributed by atoms with van der Waals surface area (Å²) in [6.45, 7) is 0. The van der Waals surface area contributed by atoms with E-state index >= 15 is 0 Å². The van der Waals surface area contributed by atoms with Crippen molar-refractivity contribution in [3.05, 3.63) is 23.3 Å². The van der Waals surface area contributed by atoms with E-state index in [2.05, 4.69) is 12.2 Å². The molecule has 4 aliphatic rings. The number of carbonyl (C=O) groups excluding carboxylic acids is 2. The third kappa shape index (κ3) is 4.30. The van der Waals surface area contributed by atoms with Gasteiger partial charge in [-0.3, -0.25) is 9.59 Å². The summed E-state index contributed by atoms with van der Waals surface area (Å²) in [5, 5.41) is 0. The fraction of sp³-hybridized carbons (Fsp3) is 0.760. The number of allylic oxidation sites excluding steroid dienone is 4. The molecule has 2 fully saturated rings. The number of hydrogen-bond acceptors (Lipinski definition) is 2. The van der Waals surface area contributed by atoms with Crippen molar-refractivity contribution in [2.75, 3.05) is 0 Å². The molecule has 0 saturated heterocycles. The van der Waals surface area contributed by atoms with E-state index in [1.165, 1.54) is 36.8 Å². The lowest BCUT2D eigenvalue weighted by Gasteiger charge is -2.35. The Morgan fingerprint density at radius 2 is 1.11 bits per heavy atom. The Morgan fingerprint density at radius 1 is 0.630 bits per heavy atom. The molecule has 0 aliphatic heterocycles. The highest BCUT2D eigenvalue weighted by atomic mass is 16.1. The molecule has 2 nitrogen and oxygen atoms in total. The van der Waals surface area contributed by atoms with Crippen molar-refractivity contribution in [2.24, 2.45) is 23.7 Å². The smallest absolute Gasteiger partial charge is 0.143 e. The van der Waals surface area contributed by atoms with Crippen LogP contribution in [0.1, 0.15) is 96.3 Å². The molecule has 27 heavy (non-hydrogen) atoms. The Hall–Kier alpha value is -1.18. The first-order valence-electron chi connectivity index (χ1n) is 11.7. The molecule has 2 saturated carbocycles. The van der Waals surface area contributed by atoms with Gasteiger partial charge in [0.1, 0.15) is 11.6 Å². The summed E-state index contributed by atoms with van der Waals surface area (Å²) in [7, 11) is 0. The zero-order valence-electron chi connectivity index (χ0n) is 16.9. The van der Waals surface area contributed by atoms with E-state index in [0.717, 1.165) is 70.6 Å². The van der Waals surface area contributed by atoms with E-state index in [1.807, 2.05) is 0 Å². The molecule has 0 bridgehead atoms. The van der Waals surface area contributed by atoms with Gasteiger partial charge in [-0.1, -0.05) is 36.1 Å². The van der Waals surface area contributed by atoms with E-state index in [0.29, 0.717) is 11.6 Å². The summed E-state index contributed by atoms with van der Waals surface area (Å²) in [6, 6.07) is 0. The van der Waals surface area contributed by atoms with E-state index in [-0.39, 0.29) is 23.7 Å². The van der Waals surface area contributed by atoms with Crippen molar-refractivity contribution >= 4 is 11.6 Å². The molecule has 0 spiro atoms. The largest absolute Gasteiger partial charge is 0.299 e. The van der Waals surface area contributed by atoms with Gasteiger partial charge in [0, 0.05) is 23.7 Å². The van der Waals surface area contributed by atoms with Crippen molar-refractivity contribution in [1.82, 2.24) is 0 Å². The zero-order valence-corrected chi connectivity index (χ0v) is 16.9. The predicted molar refractivity (Wildman–Crippen MR) is 109 cm³/mol. The summed E-state index contributed by atoms with van der Waals surface area (Å²) in [4.78, 5) is 26.4. The molecule has 0 aromatic carbocycles. The Kier molecular flexibility index (Phi) is 6.30. The van der Waals surface area contributed by atoms with Gasteiger partial charge in [-0.15, -0.1) is 0 Å². The molecule has 148 valence electrons. The third-order valence-electron chi connectivity index (χ3n) is 7.70. The minimum absolute atomic E-state index is 0.139. The monoisotopic (exact) mass is 368 g/mol. The first-order valence-corrected chi connectivity index (χ1v) is 11.7. The van der Waals surface area contributed by atoms with Gasteiger partial charge in [0.25, 0.3) is 0 Å². The first-order chi connectivity index (χ1) is 13.2. The Labute approximate surface area is 164 Å². The van der Waals surface area contributed by atoms with Crippen LogP contribution in [-0.4, -0.2) is 11.6 Å². The van der Waals surface area contributed by atoms with Crippen LogP contribution in [0.3, 0.4) is 0 Å². The molecule has 2 heteroatoms. The van der Waals surface area contributed by atoms with Gasteiger partial charge >= 0.3 is 0 Å². The van der Waals surface area contributed by atoms with Gasteiger partial charge in [0.05, 0.1) is 0 Å². The molecular weight excluding hydrogens is 332 g/mol. The molecule has 0 amide bonds. The summed E-state index contributed by atoms with van der Waals surface area (Å²) in [5.41, 5.74) is 2.85. The van der Waals surface area contributed by atoms with Crippen LogP contribution in [0.25, 0.3) is 0 Å². The lowest BCUT2D eigenvalue weighted by Crippen LogP contribution is -2.36. The second kappa shape index (κ2) is 8.88. The molecule has 0 aromatic rings. The number of hydrogen-bond donors (Lipinski definition) is 0. The number of rotatable bonds is 4. The SMILES string of the molecule is O=C1[C@@H](C[C@@H]2CCC[C@H](C3=CCCCC3)C2=O)CCC[C@H]1C1=CCCCC1. The van der Waals surface area contributed by atoms with Crippen molar-refractivity contribution in [3.63, 3.8) is 0 Å². The lowest BCUT2D eigenvalue weighted by molar-refractivity contribution is -0.132. The van der Waals surface area contributed by atoms with Gasteiger partial charge in [0.15, 0.2) is 0 Å². The van der Waals surface area contributed by atoms with Crippen LogP contribution in [-0.2, 0) is 9.59 Å². The molecule has 4 rings (SSSR count). The van der Waals surface area contributed by atoms with Crippen molar-refractivity contribution in [1.29, 1.82) is 0 Å². The summed E-state index contributed by atoms with van der Waals surface area (Å²) in [6.07, 6.45) is 21.6. The fourth-order valence-corrected chi connectivity index (χ4v) is 6.18. The molecule has 0 unspecified atom stereocenters. The van der Waals surface area contributed by atoms with E-state index in [9.17, 15) is 9.59 Å². The first kappa shape index (κ1) is 19.2. The topological polar surface area (TPSA) is 34.1 Å². The Balaban J connectivity index is 1.41. The highest BCUT2D eigenvalue weighted by Crippen LogP contribution is 2.41. The van der Waals surface area contributed by atoms with Crippen LogP contribution >= 0.6 is 0 Å². The average Bonchev–Trinajstić information content (AvgIpc) is 2.72. The Morgan fingerprint density at radius 3 is 1.52 bits per heavy atom. The minimum atomic E-state index is 0.139.